The van der Waals surface area contributed by atoms with E-state index in [-0.39, 0.29) is 53.7 Å². The van der Waals surface area contributed by atoms with Crippen LogP contribution in [0, 0.1) is 46.3 Å². The summed E-state index contributed by atoms with van der Waals surface area (Å²) in [5.41, 5.74) is -0.643. The average Bonchev–Trinajstić information content (AvgIpc) is 3.27. The maximum absolute atomic E-state index is 13.3. The minimum absolute atomic E-state index is 0.00922. The van der Waals surface area contributed by atoms with Crippen LogP contribution in [0.3, 0.4) is 0 Å². The number of aliphatic hydroxyl groups excluding tert-OH is 2. The van der Waals surface area contributed by atoms with E-state index in [1.54, 1.807) is 20.8 Å². The molecule has 1 unspecified atom stereocenters. The largest absolute Gasteiger partial charge is 0.463 e. The van der Waals surface area contributed by atoms with Crippen molar-refractivity contribution < 1.29 is 38.8 Å². The highest BCUT2D eigenvalue weighted by atomic mass is 16.6. The van der Waals surface area contributed by atoms with Gasteiger partial charge in [0.1, 0.15) is 17.8 Å². The number of carbonyl (C=O) groups excluding carboxylic acids is 3. The number of hydrogen-bond acceptors (Lipinski definition) is 8. The monoisotopic (exact) mass is 634 g/mol. The zero-order valence-corrected chi connectivity index (χ0v) is 29.3. The lowest BCUT2D eigenvalue weighted by Crippen LogP contribution is -2.59. The Morgan fingerprint density at radius 3 is 2.29 bits per heavy atom. The number of rotatable bonds is 11. The zero-order valence-electron chi connectivity index (χ0n) is 29.3. The van der Waals surface area contributed by atoms with E-state index in [1.165, 1.54) is 6.92 Å². The van der Waals surface area contributed by atoms with E-state index in [2.05, 4.69) is 13.8 Å². The fourth-order valence-electron chi connectivity index (χ4n) is 10.2. The van der Waals surface area contributed by atoms with Gasteiger partial charge in [0.25, 0.3) is 0 Å². The van der Waals surface area contributed by atoms with Crippen LogP contribution >= 0.6 is 0 Å². The molecule has 4 aliphatic rings. The molecule has 0 aliphatic heterocycles. The van der Waals surface area contributed by atoms with Gasteiger partial charge in [-0.1, -0.05) is 27.7 Å². The molecule has 8 heteroatoms. The maximum atomic E-state index is 13.3. The minimum Gasteiger partial charge on any atom is -0.463 e. The Balaban J connectivity index is 1.48. The molecule has 45 heavy (non-hydrogen) atoms. The smallest absolute Gasteiger partial charge is 0.308 e. The molecule has 2 N–H and O–H groups in total. The van der Waals surface area contributed by atoms with Crippen molar-refractivity contribution in [3.63, 3.8) is 0 Å². The highest BCUT2D eigenvalue weighted by Gasteiger charge is 2.64. The van der Waals surface area contributed by atoms with Gasteiger partial charge < -0.3 is 24.4 Å². The molecular formula is C37H62O8. The summed E-state index contributed by atoms with van der Waals surface area (Å²) in [5, 5.41) is 21.4. The summed E-state index contributed by atoms with van der Waals surface area (Å²) in [5.74, 6) is 1.41. The van der Waals surface area contributed by atoms with Crippen LogP contribution < -0.4 is 0 Å². The van der Waals surface area contributed by atoms with Crippen LogP contribution in [-0.2, 0) is 28.6 Å². The molecule has 0 aromatic carbocycles. The van der Waals surface area contributed by atoms with Crippen molar-refractivity contribution in [2.24, 2.45) is 46.3 Å². The van der Waals surface area contributed by atoms with E-state index < -0.39 is 23.8 Å². The third-order valence-electron chi connectivity index (χ3n) is 12.7. The molecule has 0 heterocycles. The Morgan fingerprint density at radius 1 is 0.933 bits per heavy atom. The molecule has 0 spiro atoms. The van der Waals surface area contributed by atoms with Crippen molar-refractivity contribution in [1.29, 1.82) is 0 Å². The minimum atomic E-state index is -0.951. The maximum Gasteiger partial charge on any atom is 0.308 e. The Kier molecular flexibility index (Phi) is 11.4. The summed E-state index contributed by atoms with van der Waals surface area (Å²) in [4.78, 5) is 37.2. The van der Waals surface area contributed by atoms with Crippen molar-refractivity contribution in [3.8, 4) is 0 Å². The predicted molar refractivity (Wildman–Crippen MR) is 172 cm³/mol. The predicted octanol–water partition coefficient (Wildman–Crippen LogP) is 6.77. The molecule has 4 saturated carbocycles. The fraction of sp³-hybridized carbons (Fsp3) is 0.919. The summed E-state index contributed by atoms with van der Waals surface area (Å²) in [7, 11) is 0. The molecule has 8 nitrogen and oxygen atoms in total. The lowest BCUT2D eigenvalue weighted by Gasteiger charge is -2.62. The quantitative estimate of drug-likeness (QED) is 0.189. The normalized spacial score (nSPS) is 38.1. The standard InChI is InChI=1S/C37H62O8/c1-9-22(2)34(42)44-32-21-31-29(14-11-25-18-28(43-23(3)38)16-17-36(25,31)7)30-15-12-24(37(30,32)8)10-13-26(39)19-27(40)20-33(41)45-35(4,5)6/h22,24-32,39-40H,9-21H2,1-8H3/t22-,24?,25+,26+,27+,28+,29-,30-,31-,32-,36-,37+/m0/s1. The summed E-state index contributed by atoms with van der Waals surface area (Å²) >= 11 is 0. The first kappa shape index (κ1) is 36.2. The van der Waals surface area contributed by atoms with Gasteiger partial charge in [-0.15, -0.1) is 0 Å². The molecule has 0 radical (unpaired) electrons. The lowest BCUT2D eigenvalue weighted by atomic mass is 9.44. The van der Waals surface area contributed by atoms with Crippen LogP contribution in [0.5, 0.6) is 0 Å². The van der Waals surface area contributed by atoms with Crippen LogP contribution in [0.25, 0.3) is 0 Å². The van der Waals surface area contributed by atoms with Gasteiger partial charge in [-0.25, -0.2) is 0 Å². The molecule has 0 amide bonds. The lowest BCUT2D eigenvalue weighted by molar-refractivity contribution is -0.199. The van der Waals surface area contributed by atoms with Crippen molar-refractivity contribution >= 4 is 17.9 Å². The second-order valence-corrected chi connectivity index (χ2v) is 16.7. The van der Waals surface area contributed by atoms with Gasteiger partial charge in [0.05, 0.1) is 24.5 Å². The average molecular weight is 635 g/mol. The molecule has 12 atom stereocenters. The van der Waals surface area contributed by atoms with Gasteiger partial charge in [0.15, 0.2) is 0 Å². The van der Waals surface area contributed by atoms with Crippen LogP contribution in [0.4, 0.5) is 0 Å². The number of aliphatic hydroxyl groups is 2. The number of esters is 3. The van der Waals surface area contributed by atoms with E-state index in [0.29, 0.717) is 36.0 Å². The zero-order chi connectivity index (χ0) is 33.3. The van der Waals surface area contributed by atoms with Crippen LogP contribution in [-0.4, -0.2) is 58.1 Å². The van der Waals surface area contributed by atoms with Gasteiger partial charge >= 0.3 is 17.9 Å². The molecule has 0 saturated heterocycles. The van der Waals surface area contributed by atoms with Gasteiger partial charge in [-0.2, -0.15) is 0 Å². The van der Waals surface area contributed by atoms with E-state index in [4.69, 9.17) is 14.2 Å². The number of fused-ring (bicyclic) bond motifs is 5. The van der Waals surface area contributed by atoms with E-state index in [1.807, 2.05) is 13.8 Å². The molecule has 4 rings (SSSR count). The third kappa shape index (κ3) is 8.08. The number of carbonyl (C=O) groups is 3. The molecular weight excluding hydrogens is 572 g/mol. The van der Waals surface area contributed by atoms with Crippen molar-refractivity contribution in [2.45, 2.75) is 169 Å². The highest BCUT2D eigenvalue weighted by molar-refractivity contribution is 5.72. The van der Waals surface area contributed by atoms with Crippen LogP contribution in [0.2, 0.25) is 0 Å². The summed E-state index contributed by atoms with van der Waals surface area (Å²) < 4.78 is 17.5. The summed E-state index contributed by atoms with van der Waals surface area (Å²) in [6, 6.07) is 0. The number of hydrogen-bond donors (Lipinski definition) is 2. The SMILES string of the molecule is CC[C@H](C)C(=O)O[C@H]1C[C@H]2[C@@H](CC[C@@H]3C[C@H](OC(C)=O)CC[C@@]32C)[C@@H]2CCC(CC[C@@H](O)C[C@@H](O)CC(=O)OC(C)(C)C)[C@@]12C. The summed E-state index contributed by atoms with van der Waals surface area (Å²) in [6.07, 6.45) is 8.46. The Bertz CT molecular complexity index is 1050. The van der Waals surface area contributed by atoms with Gasteiger partial charge in [0.2, 0.25) is 0 Å². The second-order valence-electron chi connectivity index (χ2n) is 16.7. The molecule has 0 aromatic heterocycles. The first-order valence-electron chi connectivity index (χ1n) is 17.9. The van der Waals surface area contributed by atoms with Crippen molar-refractivity contribution in [1.82, 2.24) is 0 Å². The van der Waals surface area contributed by atoms with Crippen molar-refractivity contribution in [3.05, 3.63) is 0 Å². The van der Waals surface area contributed by atoms with E-state index in [0.717, 1.165) is 64.2 Å². The molecule has 0 bridgehead atoms. The Labute approximate surface area is 271 Å². The second kappa shape index (κ2) is 14.2. The van der Waals surface area contributed by atoms with Crippen LogP contribution in [0.15, 0.2) is 0 Å². The van der Waals surface area contributed by atoms with Crippen molar-refractivity contribution in [2.75, 3.05) is 0 Å². The van der Waals surface area contributed by atoms with Gasteiger partial charge in [0, 0.05) is 12.3 Å². The summed E-state index contributed by atoms with van der Waals surface area (Å²) in [6.45, 7) is 15.7. The fourth-order valence-corrected chi connectivity index (χ4v) is 10.2. The first-order chi connectivity index (χ1) is 21.0. The van der Waals surface area contributed by atoms with E-state index in [9.17, 15) is 24.6 Å². The molecule has 4 aliphatic carbocycles. The number of ether oxygens (including phenoxy) is 3. The van der Waals surface area contributed by atoms with E-state index >= 15 is 0 Å². The first-order valence-corrected chi connectivity index (χ1v) is 17.9. The van der Waals surface area contributed by atoms with Crippen LogP contribution in [0.1, 0.15) is 139 Å². The molecule has 4 fully saturated rings. The third-order valence-corrected chi connectivity index (χ3v) is 12.7. The molecule has 0 aromatic rings. The van der Waals surface area contributed by atoms with Gasteiger partial charge in [-0.3, -0.25) is 14.4 Å². The topological polar surface area (TPSA) is 119 Å². The van der Waals surface area contributed by atoms with Gasteiger partial charge in [-0.05, 0) is 133 Å². The Hall–Kier alpha value is -1.67. The highest BCUT2D eigenvalue weighted by Crippen LogP contribution is 2.68. The molecule has 258 valence electrons. The Morgan fingerprint density at radius 2 is 1.64 bits per heavy atom.